The lowest BCUT2D eigenvalue weighted by Gasteiger charge is -2.41. The number of likely N-dealkylation sites (tertiary alicyclic amines) is 2. The summed E-state index contributed by atoms with van der Waals surface area (Å²) in [5, 5.41) is 11.2. The number of carbonyl (C=O) groups is 1. The average molecular weight is 373 g/mol. The minimum absolute atomic E-state index is 0.0386. The van der Waals surface area contributed by atoms with Gasteiger partial charge in [0.15, 0.2) is 0 Å². The molecule has 4 rings (SSSR count). The first-order valence-electron chi connectivity index (χ1n) is 10.3. The summed E-state index contributed by atoms with van der Waals surface area (Å²) in [5.74, 6) is 0.0386. The Bertz CT molecular complexity index is 656. The van der Waals surface area contributed by atoms with Gasteiger partial charge >= 0.3 is 0 Å². The van der Waals surface area contributed by atoms with Crippen molar-refractivity contribution in [2.45, 2.75) is 31.3 Å². The number of amides is 1. The summed E-state index contributed by atoms with van der Waals surface area (Å²) in [7, 11) is 0. The van der Waals surface area contributed by atoms with E-state index in [0.717, 1.165) is 56.8 Å². The number of rotatable bonds is 4. The normalized spacial score (nSPS) is 27.1. The van der Waals surface area contributed by atoms with Crippen molar-refractivity contribution in [3.05, 3.63) is 29.8 Å². The van der Waals surface area contributed by atoms with E-state index in [2.05, 4.69) is 9.80 Å². The molecule has 0 unspecified atom stereocenters. The van der Waals surface area contributed by atoms with Gasteiger partial charge in [0.25, 0.3) is 5.91 Å². The lowest BCUT2D eigenvalue weighted by molar-refractivity contribution is -0.0430. The number of morpholine rings is 1. The number of aliphatic hydroxyl groups is 1. The largest absolute Gasteiger partial charge is 0.387 e. The number of β-amino-alcohol motifs (C(OH)–C–C–N with tert-alkyl or cyclic N) is 1. The first-order chi connectivity index (χ1) is 13.1. The maximum Gasteiger partial charge on any atom is 0.256 e. The number of hydrogen-bond donors (Lipinski definition) is 1. The second-order valence-electron chi connectivity index (χ2n) is 8.15. The van der Waals surface area contributed by atoms with E-state index in [-0.39, 0.29) is 5.91 Å². The first kappa shape index (κ1) is 18.7. The molecule has 0 spiro atoms. The molecular formula is C21H31N3O3. The number of para-hydroxylation sites is 1. The molecule has 1 aromatic rings. The SMILES string of the molecule is O=C(c1ccccc1N1CCOCC1)N1CCC[C@](O)(CN2CCCC2)C1. The Labute approximate surface area is 161 Å². The molecule has 0 aromatic heterocycles. The summed E-state index contributed by atoms with van der Waals surface area (Å²) < 4.78 is 5.45. The molecule has 0 radical (unpaired) electrons. The number of piperidine rings is 1. The van der Waals surface area contributed by atoms with E-state index in [0.29, 0.717) is 26.3 Å². The van der Waals surface area contributed by atoms with Crippen LogP contribution < -0.4 is 4.90 Å². The molecular weight excluding hydrogens is 342 g/mol. The van der Waals surface area contributed by atoms with E-state index in [4.69, 9.17) is 4.74 Å². The lowest BCUT2D eigenvalue weighted by Crippen LogP contribution is -2.55. The van der Waals surface area contributed by atoms with Gasteiger partial charge in [-0.25, -0.2) is 0 Å². The van der Waals surface area contributed by atoms with E-state index in [1.807, 2.05) is 29.2 Å². The summed E-state index contributed by atoms with van der Waals surface area (Å²) in [6.07, 6.45) is 4.06. The fraction of sp³-hybridized carbons (Fsp3) is 0.667. The van der Waals surface area contributed by atoms with Gasteiger partial charge in [-0.15, -0.1) is 0 Å². The van der Waals surface area contributed by atoms with Crippen molar-refractivity contribution < 1.29 is 14.6 Å². The van der Waals surface area contributed by atoms with Gasteiger partial charge in [0, 0.05) is 31.9 Å². The van der Waals surface area contributed by atoms with Crippen LogP contribution in [0.3, 0.4) is 0 Å². The highest BCUT2D eigenvalue weighted by atomic mass is 16.5. The van der Waals surface area contributed by atoms with E-state index in [9.17, 15) is 9.90 Å². The lowest BCUT2D eigenvalue weighted by atomic mass is 9.91. The number of ether oxygens (including phenoxy) is 1. The third-order valence-electron chi connectivity index (χ3n) is 6.05. The molecule has 1 aromatic carbocycles. The Hall–Kier alpha value is -1.63. The molecule has 6 heteroatoms. The molecule has 3 heterocycles. The fourth-order valence-corrected chi connectivity index (χ4v) is 4.68. The van der Waals surface area contributed by atoms with Crippen LogP contribution in [0.4, 0.5) is 5.69 Å². The van der Waals surface area contributed by atoms with Gasteiger partial charge in [0.05, 0.1) is 30.9 Å². The number of anilines is 1. The van der Waals surface area contributed by atoms with Gasteiger partial charge in [0.2, 0.25) is 0 Å². The minimum Gasteiger partial charge on any atom is -0.387 e. The van der Waals surface area contributed by atoms with Gasteiger partial charge in [-0.3, -0.25) is 4.79 Å². The van der Waals surface area contributed by atoms with Crippen LogP contribution in [0.2, 0.25) is 0 Å². The van der Waals surface area contributed by atoms with Gasteiger partial charge in [-0.2, -0.15) is 0 Å². The smallest absolute Gasteiger partial charge is 0.256 e. The minimum atomic E-state index is -0.786. The van der Waals surface area contributed by atoms with Crippen molar-refractivity contribution in [1.29, 1.82) is 0 Å². The maximum atomic E-state index is 13.3. The molecule has 148 valence electrons. The van der Waals surface area contributed by atoms with Crippen LogP contribution in [-0.4, -0.2) is 85.4 Å². The third-order valence-corrected chi connectivity index (χ3v) is 6.05. The van der Waals surface area contributed by atoms with E-state index in [1.54, 1.807) is 0 Å². The Morgan fingerprint density at radius 1 is 1.04 bits per heavy atom. The fourth-order valence-electron chi connectivity index (χ4n) is 4.68. The predicted octanol–water partition coefficient (Wildman–Crippen LogP) is 1.59. The number of hydrogen-bond acceptors (Lipinski definition) is 5. The molecule has 3 aliphatic heterocycles. The molecule has 3 saturated heterocycles. The highest BCUT2D eigenvalue weighted by molar-refractivity contribution is 6.00. The predicted molar refractivity (Wildman–Crippen MR) is 105 cm³/mol. The van der Waals surface area contributed by atoms with Crippen LogP contribution in [0.1, 0.15) is 36.0 Å². The van der Waals surface area contributed by atoms with Gasteiger partial charge in [-0.1, -0.05) is 12.1 Å². The van der Waals surface area contributed by atoms with E-state index in [1.165, 1.54) is 12.8 Å². The Kier molecular flexibility index (Phi) is 5.66. The molecule has 1 amide bonds. The van der Waals surface area contributed by atoms with Crippen LogP contribution in [0.25, 0.3) is 0 Å². The molecule has 3 aliphatic rings. The summed E-state index contributed by atoms with van der Waals surface area (Å²) in [5.41, 5.74) is 0.941. The van der Waals surface area contributed by atoms with Crippen LogP contribution in [-0.2, 0) is 4.74 Å². The average Bonchev–Trinajstić information content (AvgIpc) is 3.20. The Morgan fingerprint density at radius 3 is 2.56 bits per heavy atom. The first-order valence-corrected chi connectivity index (χ1v) is 10.3. The Balaban J connectivity index is 1.49. The van der Waals surface area contributed by atoms with E-state index >= 15 is 0 Å². The standard InChI is InChI=1S/C21H31N3O3/c25-20(18-6-1-2-7-19(18)23-12-14-27-15-13-23)24-11-5-8-21(26,17-24)16-22-9-3-4-10-22/h1-2,6-7,26H,3-5,8-17H2/t21-/m0/s1. The van der Waals surface area contributed by atoms with Gasteiger partial charge < -0.3 is 24.5 Å². The summed E-state index contributed by atoms with van der Waals surface area (Å²) in [4.78, 5) is 19.8. The zero-order valence-electron chi connectivity index (χ0n) is 16.1. The van der Waals surface area contributed by atoms with Crippen LogP contribution >= 0.6 is 0 Å². The molecule has 27 heavy (non-hydrogen) atoms. The topological polar surface area (TPSA) is 56.3 Å². The van der Waals surface area contributed by atoms with Crippen LogP contribution in [0.15, 0.2) is 24.3 Å². The summed E-state index contributed by atoms with van der Waals surface area (Å²) in [6, 6.07) is 7.86. The number of carbonyl (C=O) groups excluding carboxylic acids is 1. The maximum absolute atomic E-state index is 13.3. The van der Waals surface area contributed by atoms with Gasteiger partial charge in [0.1, 0.15) is 0 Å². The molecule has 1 N–H and O–H groups in total. The van der Waals surface area contributed by atoms with Crippen molar-refractivity contribution in [3.63, 3.8) is 0 Å². The molecule has 3 fully saturated rings. The highest BCUT2D eigenvalue weighted by Gasteiger charge is 2.38. The quantitative estimate of drug-likeness (QED) is 0.869. The molecule has 0 saturated carbocycles. The van der Waals surface area contributed by atoms with Crippen molar-refractivity contribution in [3.8, 4) is 0 Å². The summed E-state index contributed by atoms with van der Waals surface area (Å²) >= 11 is 0. The second kappa shape index (κ2) is 8.17. The zero-order valence-corrected chi connectivity index (χ0v) is 16.1. The number of benzene rings is 1. The number of nitrogens with zero attached hydrogens (tertiary/aromatic N) is 3. The third kappa shape index (κ3) is 4.28. The van der Waals surface area contributed by atoms with Crippen molar-refractivity contribution in [2.24, 2.45) is 0 Å². The second-order valence-corrected chi connectivity index (χ2v) is 8.15. The van der Waals surface area contributed by atoms with E-state index < -0.39 is 5.60 Å². The molecule has 1 atom stereocenters. The van der Waals surface area contributed by atoms with Crippen LogP contribution in [0.5, 0.6) is 0 Å². The highest BCUT2D eigenvalue weighted by Crippen LogP contribution is 2.28. The van der Waals surface area contributed by atoms with Crippen molar-refractivity contribution in [2.75, 3.05) is 63.9 Å². The monoisotopic (exact) mass is 373 g/mol. The zero-order chi connectivity index (χ0) is 18.7. The van der Waals surface area contributed by atoms with Crippen molar-refractivity contribution in [1.82, 2.24) is 9.80 Å². The molecule has 0 bridgehead atoms. The molecule has 0 aliphatic carbocycles. The molecule has 6 nitrogen and oxygen atoms in total. The van der Waals surface area contributed by atoms with Crippen LogP contribution in [0, 0.1) is 0 Å². The van der Waals surface area contributed by atoms with Gasteiger partial charge in [-0.05, 0) is 50.9 Å². The van der Waals surface area contributed by atoms with Crippen molar-refractivity contribution >= 4 is 11.6 Å². The Morgan fingerprint density at radius 2 is 1.78 bits per heavy atom. The summed E-state index contributed by atoms with van der Waals surface area (Å²) in [6.45, 7) is 6.97.